The van der Waals surface area contributed by atoms with Crippen LogP contribution in [0, 0.1) is 23.2 Å². The molecule has 1 aliphatic rings. The molecule has 7 heteroatoms. The molecular weight excluding hydrogens is 374 g/mol. The Morgan fingerprint density at radius 3 is 2.82 bits per heavy atom. The van der Waals surface area contributed by atoms with Crippen molar-refractivity contribution in [2.24, 2.45) is 18.9 Å². The van der Waals surface area contributed by atoms with Crippen molar-refractivity contribution in [3.05, 3.63) is 41.3 Å². The second-order valence-corrected chi connectivity index (χ2v) is 7.94. The van der Waals surface area contributed by atoms with Crippen LogP contribution in [0.2, 0.25) is 5.02 Å². The number of rotatable bonds is 4. The number of nitriles is 1. The van der Waals surface area contributed by atoms with Gasteiger partial charge in [-0.1, -0.05) is 25.4 Å². The monoisotopic (exact) mass is 393 g/mol. The average molecular weight is 394 g/mol. The van der Waals surface area contributed by atoms with Crippen molar-refractivity contribution in [1.82, 2.24) is 14.8 Å². The van der Waals surface area contributed by atoms with E-state index in [-0.39, 0.29) is 17.7 Å². The minimum Gasteiger partial charge on any atom is -0.310 e. The standard InChI is InChI=1S/C21H20ClN5O/c1-11(2)20-17(10-25-27(20)3)12-4-13-7-19(24-9-16(13)18(22)6-12)26-21(28)15-5-14(15)8-23/h4,6-7,9-11,14-15H,5H2,1-3H3,(H,24,26,28). The largest absolute Gasteiger partial charge is 0.310 e. The van der Waals surface area contributed by atoms with Crippen LogP contribution >= 0.6 is 11.6 Å². The molecule has 3 aromatic rings. The average Bonchev–Trinajstić information content (AvgIpc) is 3.35. The maximum Gasteiger partial charge on any atom is 0.230 e. The first-order valence-corrected chi connectivity index (χ1v) is 9.59. The van der Waals surface area contributed by atoms with Gasteiger partial charge in [-0.25, -0.2) is 4.98 Å². The van der Waals surface area contributed by atoms with Gasteiger partial charge in [0.05, 0.1) is 29.1 Å². The first kappa shape index (κ1) is 18.5. The highest BCUT2D eigenvalue weighted by molar-refractivity contribution is 6.36. The summed E-state index contributed by atoms with van der Waals surface area (Å²) in [6.07, 6.45) is 4.13. The fourth-order valence-electron chi connectivity index (χ4n) is 3.64. The number of hydrogen-bond acceptors (Lipinski definition) is 4. The molecule has 0 spiro atoms. The van der Waals surface area contributed by atoms with E-state index in [1.807, 2.05) is 36.1 Å². The van der Waals surface area contributed by atoms with E-state index in [9.17, 15) is 4.79 Å². The molecule has 6 nitrogen and oxygen atoms in total. The van der Waals surface area contributed by atoms with Gasteiger partial charge in [0.1, 0.15) is 5.82 Å². The van der Waals surface area contributed by atoms with Gasteiger partial charge in [0, 0.05) is 29.9 Å². The molecule has 1 saturated carbocycles. The molecule has 0 aliphatic heterocycles. The number of fused-ring (bicyclic) bond motifs is 1. The highest BCUT2D eigenvalue weighted by atomic mass is 35.5. The van der Waals surface area contributed by atoms with Crippen molar-refractivity contribution < 1.29 is 4.79 Å². The molecule has 1 aromatic carbocycles. The lowest BCUT2D eigenvalue weighted by atomic mass is 9.98. The maximum absolute atomic E-state index is 12.2. The van der Waals surface area contributed by atoms with Crippen LogP contribution in [0.15, 0.2) is 30.6 Å². The highest BCUT2D eigenvalue weighted by Gasteiger charge is 2.43. The Hall–Kier alpha value is -2.91. The minimum absolute atomic E-state index is 0.157. The van der Waals surface area contributed by atoms with Gasteiger partial charge in [-0.3, -0.25) is 9.48 Å². The Balaban J connectivity index is 1.71. The zero-order chi connectivity index (χ0) is 20.0. The van der Waals surface area contributed by atoms with Crippen LogP contribution in [-0.4, -0.2) is 20.7 Å². The topological polar surface area (TPSA) is 83.6 Å². The Morgan fingerprint density at radius 1 is 1.36 bits per heavy atom. The normalized spacial score (nSPS) is 18.3. The predicted octanol–water partition coefficient (Wildman–Crippen LogP) is 4.51. The second-order valence-electron chi connectivity index (χ2n) is 7.54. The number of nitrogens with zero attached hydrogens (tertiary/aromatic N) is 4. The highest BCUT2D eigenvalue weighted by Crippen LogP contribution is 2.39. The number of aryl methyl sites for hydroxylation is 1. The first-order valence-electron chi connectivity index (χ1n) is 9.21. The number of anilines is 1. The summed E-state index contributed by atoms with van der Waals surface area (Å²) in [5.41, 5.74) is 3.15. The van der Waals surface area contributed by atoms with Crippen LogP contribution in [0.3, 0.4) is 0 Å². The molecule has 1 amide bonds. The smallest absolute Gasteiger partial charge is 0.230 e. The summed E-state index contributed by atoms with van der Waals surface area (Å²) in [6.45, 7) is 4.26. The molecule has 1 aliphatic carbocycles. The number of hydrogen-bond donors (Lipinski definition) is 1. The van der Waals surface area contributed by atoms with Gasteiger partial charge in [-0.2, -0.15) is 10.4 Å². The molecule has 0 radical (unpaired) electrons. The SMILES string of the molecule is CC(C)c1c(-c2cc(Cl)c3cnc(NC(=O)C4CC4C#N)cc3c2)cnn1C. The summed E-state index contributed by atoms with van der Waals surface area (Å²) < 4.78 is 1.89. The summed E-state index contributed by atoms with van der Waals surface area (Å²) in [4.78, 5) is 16.5. The number of carbonyl (C=O) groups excluding carboxylic acids is 1. The molecule has 28 heavy (non-hydrogen) atoms. The van der Waals surface area contributed by atoms with Crippen molar-refractivity contribution in [2.75, 3.05) is 5.32 Å². The number of pyridine rings is 1. The third kappa shape index (κ3) is 3.23. The van der Waals surface area contributed by atoms with Gasteiger partial charge >= 0.3 is 0 Å². The number of amides is 1. The van der Waals surface area contributed by atoms with Crippen molar-refractivity contribution in [3.63, 3.8) is 0 Å². The molecule has 0 bridgehead atoms. The molecule has 0 saturated heterocycles. The number of halogens is 1. The van der Waals surface area contributed by atoms with Crippen molar-refractivity contribution in [2.45, 2.75) is 26.2 Å². The van der Waals surface area contributed by atoms with Crippen LogP contribution in [0.5, 0.6) is 0 Å². The maximum atomic E-state index is 12.2. The van der Waals surface area contributed by atoms with Gasteiger partial charge in [0.2, 0.25) is 5.91 Å². The number of nitrogens with one attached hydrogen (secondary N) is 1. The third-order valence-corrected chi connectivity index (χ3v) is 5.49. The molecule has 2 atom stereocenters. The quantitative estimate of drug-likeness (QED) is 0.706. The Kier molecular flexibility index (Phi) is 4.56. The molecule has 2 unspecified atom stereocenters. The van der Waals surface area contributed by atoms with E-state index in [0.29, 0.717) is 23.2 Å². The van der Waals surface area contributed by atoms with Crippen LogP contribution in [0.1, 0.15) is 31.9 Å². The number of aromatic nitrogens is 3. The zero-order valence-electron chi connectivity index (χ0n) is 15.9. The Bertz CT molecular complexity index is 1130. The molecular formula is C21H20ClN5O. The van der Waals surface area contributed by atoms with Gasteiger partial charge < -0.3 is 5.32 Å². The van der Waals surface area contributed by atoms with Gasteiger partial charge in [-0.15, -0.1) is 0 Å². The van der Waals surface area contributed by atoms with E-state index in [0.717, 1.165) is 27.6 Å². The molecule has 142 valence electrons. The van der Waals surface area contributed by atoms with E-state index >= 15 is 0 Å². The molecule has 4 rings (SSSR count). The van der Waals surface area contributed by atoms with Gasteiger partial charge in [0.15, 0.2) is 0 Å². The Labute approximate surface area is 168 Å². The number of benzene rings is 1. The molecule has 2 heterocycles. The lowest BCUT2D eigenvalue weighted by molar-refractivity contribution is -0.117. The van der Waals surface area contributed by atoms with Crippen LogP contribution < -0.4 is 5.32 Å². The summed E-state index contributed by atoms with van der Waals surface area (Å²) in [7, 11) is 1.94. The lowest BCUT2D eigenvalue weighted by Gasteiger charge is -2.12. The van der Waals surface area contributed by atoms with Crippen molar-refractivity contribution in [3.8, 4) is 17.2 Å². The molecule has 1 fully saturated rings. The fourth-order valence-corrected chi connectivity index (χ4v) is 3.91. The molecule has 1 N–H and O–H groups in total. The van der Waals surface area contributed by atoms with E-state index in [1.54, 1.807) is 6.20 Å². The van der Waals surface area contributed by atoms with Crippen molar-refractivity contribution in [1.29, 1.82) is 5.26 Å². The van der Waals surface area contributed by atoms with E-state index < -0.39 is 0 Å². The van der Waals surface area contributed by atoms with E-state index in [2.05, 4.69) is 35.3 Å². The van der Waals surface area contributed by atoms with Crippen LogP contribution in [0.25, 0.3) is 21.9 Å². The van der Waals surface area contributed by atoms with Crippen LogP contribution in [-0.2, 0) is 11.8 Å². The first-order chi connectivity index (χ1) is 13.4. The van der Waals surface area contributed by atoms with Crippen LogP contribution in [0.4, 0.5) is 5.82 Å². The third-order valence-electron chi connectivity index (χ3n) is 5.17. The number of carbonyl (C=O) groups is 1. The summed E-state index contributed by atoms with van der Waals surface area (Å²) >= 11 is 6.52. The van der Waals surface area contributed by atoms with E-state index in [1.165, 1.54) is 0 Å². The zero-order valence-corrected chi connectivity index (χ0v) is 16.7. The summed E-state index contributed by atoms with van der Waals surface area (Å²) in [5.74, 6) is 0.207. The molecule has 2 aromatic heterocycles. The predicted molar refractivity (Wildman–Crippen MR) is 109 cm³/mol. The van der Waals surface area contributed by atoms with Gasteiger partial charge in [-0.05, 0) is 41.5 Å². The summed E-state index contributed by atoms with van der Waals surface area (Å²) in [5, 5.41) is 18.4. The minimum atomic E-state index is -0.235. The van der Waals surface area contributed by atoms with E-state index in [4.69, 9.17) is 16.9 Å². The van der Waals surface area contributed by atoms with Gasteiger partial charge in [0.25, 0.3) is 0 Å². The fraction of sp³-hybridized carbons (Fsp3) is 0.333. The summed E-state index contributed by atoms with van der Waals surface area (Å²) in [6, 6.07) is 7.91. The Morgan fingerprint density at radius 2 is 2.14 bits per heavy atom. The lowest BCUT2D eigenvalue weighted by Crippen LogP contribution is -2.15. The second kappa shape index (κ2) is 6.92. The van der Waals surface area contributed by atoms with Crippen molar-refractivity contribution >= 4 is 34.1 Å².